The van der Waals surface area contributed by atoms with Crippen molar-refractivity contribution in [2.75, 3.05) is 40.8 Å². The summed E-state index contributed by atoms with van der Waals surface area (Å²) in [6.07, 6.45) is 0.0174. The van der Waals surface area contributed by atoms with Crippen LogP contribution in [0, 0.1) is 12.7 Å². The van der Waals surface area contributed by atoms with Crippen molar-refractivity contribution in [1.82, 2.24) is 9.80 Å². The maximum Gasteiger partial charge on any atom is 0.126 e. The Morgan fingerprint density at radius 1 is 1.16 bits per heavy atom. The van der Waals surface area contributed by atoms with Crippen molar-refractivity contribution in [2.45, 2.75) is 19.4 Å². The van der Waals surface area contributed by atoms with Gasteiger partial charge >= 0.3 is 0 Å². The van der Waals surface area contributed by atoms with E-state index < -0.39 is 6.10 Å². The van der Waals surface area contributed by atoms with Gasteiger partial charge in [0.25, 0.3) is 0 Å². The molecule has 0 saturated heterocycles. The predicted molar refractivity (Wildman–Crippen MR) is 76.8 cm³/mol. The maximum absolute atomic E-state index is 13.4. The summed E-state index contributed by atoms with van der Waals surface area (Å²) in [4.78, 5) is 4.30. The number of aryl methyl sites for hydroxylation is 1. The average Bonchev–Trinajstić information content (AvgIpc) is 2.36. The van der Waals surface area contributed by atoms with E-state index in [2.05, 4.69) is 9.80 Å². The molecule has 0 fully saturated rings. The minimum atomic E-state index is -0.600. The zero-order chi connectivity index (χ0) is 14.4. The molecule has 1 atom stereocenters. The summed E-state index contributed by atoms with van der Waals surface area (Å²) in [5, 5.41) is 10.1. The van der Waals surface area contributed by atoms with Gasteiger partial charge in [0, 0.05) is 19.6 Å². The lowest BCUT2D eigenvalue weighted by Gasteiger charge is -2.21. The standard InChI is InChI=1S/C15H25FN2O/c1-12-5-6-13(11-14(12)16)15(19)7-8-18(4)10-9-17(2)3/h5-6,11,15,19H,7-10H2,1-4H3. The molecule has 1 aromatic carbocycles. The Morgan fingerprint density at radius 2 is 1.84 bits per heavy atom. The molecule has 3 nitrogen and oxygen atoms in total. The molecule has 0 bridgehead atoms. The second-order valence-electron chi connectivity index (χ2n) is 5.42. The van der Waals surface area contributed by atoms with E-state index in [4.69, 9.17) is 0 Å². The molecule has 0 aliphatic rings. The SMILES string of the molecule is Cc1ccc(C(O)CCN(C)CCN(C)C)cc1F. The van der Waals surface area contributed by atoms with Crippen LogP contribution in [-0.2, 0) is 0 Å². The Kier molecular flexibility index (Phi) is 6.42. The van der Waals surface area contributed by atoms with Crippen molar-refractivity contribution >= 4 is 0 Å². The highest BCUT2D eigenvalue weighted by atomic mass is 19.1. The first-order valence-corrected chi connectivity index (χ1v) is 6.67. The molecule has 0 aliphatic heterocycles. The molecule has 0 aliphatic carbocycles. The maximum atomic E-state index is 13.4. The van der Waals surface area contributed by atoms with Crippen molar-refractivity contribution in [2.24, 2.45) is 0 Å². The summed E-state index contributed by atoms with van der Waals surface area (Å²) < 4.78 is 13.4. The Balaban J connectivity index is 2.42. The van der Waals surface area contributed by atoms with E-state index >= 15 is 0 Å². The Hall–Kier alpha value is -0.970. The van der Waals surface area contributed by atoms with Gasteiger partial charge in [-0.1, -0.05) is 12.1 Å². The lowest BCUT2D eigenvalue weighted by atomic mass is 10.0. The number of hydrogen-bond donors (Lipinski definition) is 1. The molecule has 1 N–H and O–H groups in total. The van der Waals surface area contributed by atoms with E-state index in [1.807, 2.05) is 21.1 Å². The smallest absolute Gasteiger partial charge is 0.126 e. The first kappa shape index (κ1) is 16.1. The lowest BCUT2D eigenvalue weighted by Crippen LogP contribution is -2.30. The fourth-order valence-corrected chi connectivity index (χ4v) is 1.81. The third-order valence-corrected chi connectivity index (χ3v) is 3.29. The highest BCUT2D eigenvalue weighted by Gasteiger charge is 2.10. The number of nitrogens with zero attached hydrogens (tertiary/aromatic N) is 2. The molecule has 1 unspecified atom stereocenters. The van der Waals surface area contributed by atoms with E-state index in [0.29, 0.717) is 17.5 Å². The van der Waals surface area contributed by atoms with Crippen LogP contribution in [0.3, 0.4) is 0 Å². The van der Waals surface area contributed by atoms with Crippen LogP contribution in [0.25, 0.3) is 0 Å². The van der Waals surface area contributed by atoms with Crippen molar-refractivity contribution in [3.05, 3.63) is 35.1 Å². The molecule has 4 heteroatoms. The molecule has 0 spiro atoms. The molecule has 108 valence electrons. The average molecular weight is 268 g/mol. The van der Waals surface area contributed by atoms with E-state index in [1.54, 1.807) is 19.1 Å². The van der Waals surface area contributed by atoms with Crippen LogP contribution in [-0.4, -0.2) is 55.7 Å². The molecule has 0 heterocycles. The van der Waals surface area contributed by atoms with Crippen LogP contribution in [0.4, 0.5) is 4.39 Å². The van der Waals surface area contributed by atoms with Gasteiger partial charge in [0.15, 0.2) is 0 Å². The molecule has 1 aromatic rings. The number of halogens is 1. The summed E-state index contributed by atoms with van der Waals surface area (Å²) in [5.41, 5.74) is 1.27. The molecular formula is C15H25FN2O. The van der Waals surface area contributed by atoms with E-state index in [9.17, 15) is 9.50 Å². The molecule has 1 rings (SSSR count). The predicted octanol–water partition coefficient (Wildman–Crippen LogP) is 2.05. The first-order valence-electron chi connectivity index (χ1n) is 6.67. The number of hydrogen-bond acceptors (Lipinski definition) is 3. The Labute approximate surface area is 115 Å². The van der Waals surface area contributed by atoms with Gasteiger partial charge in [0.1, 0.15) is 5.82 Å². The van der Waals surface area contributed by atoms with Gasteiger partial charge in [-0.25, -0.2) is 4.39 Å². The fraction of sp³-hybridized carbons (Fsp3) is 0.600. The van der Waals surface area contributed by atoms with E-state index in [0.717, 1.165) is 19.6 Å². The molecular weight excluding hydrogens is 243 g/mol. The van der Waals surface area contributed by atoms with Crippen LogP contribution in [0.1, 0.15) is 23.7 Å². The van der Waals surface area contributed by atoms with Crippen LogP contribution in [0.5, 0.6) is 0 Å². The minimum Gasteiger partial charge on any atom is -0.388 e. The number of aliphatic hydroxyl groups excluding tert-OH is 1. The molecule has 0 amide bonds. The molecule has 19 heavy (non-hydrogen) atoms. The van der Waals surface area contributed by atoms with Gasteiger partial charge < -0.3 is 14.9 Å². The summed E-state index contributed by atoms with van der Waals surface area (Å²) in [5.74, 6) is -0.252. The Bertz CT molecular complexity index is 396. The van der Waals surface area contributed by atoms with Crippen molar-refractivity contribution in [1.29, 1.82) is 0 Å². The zero-order valence-electron chi connectivity index (χ0n) is 12.4. The molecule has 0 aromatic heterocycles. The van der Waals surface area contributed by atoms with Crippen molar-refractivity contribution in [3.8, 4) is 0 Å². The lowest BCUT2D eigenvalue weighted by molar-refractivity contribution is 0.146. The second-order valence-corrected chi connectivity index (χ2v) is 5.42. The van der Waals surface area contributed by atoms with Crippen LogP contribution in [0.15, 0.2) is 18.2 Å². The largest absolute Gasteiger partial charge is 0.388 e. The molecule has 0 radical (unpaired) electrons. The van der Waals surface area contributed by atoms with E-state index in [-0.39, 0.29) is 5.82 Å². The van der Waals surface area contributed by atoms with Gasteiger partial charge in [-0.05, 0) is 51.7 Å². The topological polar surface area (TPSA) is 26.7 Å². The monoisotopic (exact) mass is 268 g/mol. The summed E-state index contributed by atoms with van der Waals surface area (Å²) in [6, 6.07) is 4.94. The van der Waals surface area contributed by atoms with E-state index in [1.165, 1.54) is 6.07 Å². The Morgan fingerprint density at radius 3 is 2.42 bits per heavy atom. The van der Waals surface area contributed by atoms with Crippen molar-refractivity contribution in [3.63, 3.8) is 0 Å². The number of rotatable bonds is 7. The first-order chi connectivity index (χ1) is 8.90. The molecule has 0 saturated carbocycles. The quantitative estimate of drug-likeness (QED) is 0.820. The van der Waals surface area contributed by atoms with Crippen LogP contribution >= 0.6 is 0 Å². The van der Waals surface area contributed by atoms with Gasteiger partial charge in [-0.2, -0.15) is 0 Å². The number of aliphatic hydroxyl groups is 1. The summed E-state index contributed by atoms with van der Waals surface area (Å²) in [6.45, 7) is 4.47. The summed E-state index contributed by atoms with van der Waals surface area (Å²) in [7, 11) is 6.11. The van der Waals surface area contributed by atoms with Gasteiger partial charge in [0.05, 0.1) is 6.10 Å². The van der Waals surface area contributed by atoms with Gasteiger partial charge in [-0.3, -0.25) is 0 Å². The van der Waals surface area contributed by atoms with Crippen molar-refractivity contribution < 1.29 is 9.50 Å². The van der Waals surface area contributed by atoms with Gasteiger partial charge in [-0.15, -0.1) is 0 Å². The minimum absolute atomic E-state index is 0.252. The highest BCUT2D eigenvalue weighted by molar-refractivity contribution is 5.24. The highest BCUT2D eigenvalue weighted by Crippen LogP contribution is 2.19. The third-order valence-electron chi connectivity index (χ3n) is 3.29. The fourth-order valence-electron chi connectivity index (χ4n) is 1.81. The number of likely N-dealkylation sites (N-methyl/N-ethyl adjacent to an activating group) is 2. The summed E-state index contributed by atoms with van der Waals surface area (Å²) >= 11 is 0. The second kappa shape index (κ2) is 7.58. The zero-order valence-corrected chi connectivity index (χ0v) is 12.4. The van der Waals surface area contributed by atoms with Gasteiger partial charge in [0.2, 0.25) is 0 Å². The van der Waals surface area contributed by atoms with Crippen LogP contribution in [0.2, 0.25) is 0 Å². The number of benzene rings is 1. The third kappa shape index (κ3) is 5.68. The normalized spacial score (nSPS) is 13.3. The van der Waals surface area contributed by atoms with Crippen LogP contribution < -0.4 is 0 Å².